The highest BCUT2D eigenvalue weighted by Gasteiger charge is 2.27. The molecule has 0 unspecified atom stereocenters. The van der Waals surface area contributed by atoms with Gasteiger partial charge in [-0.25, -0.2) is 4.68 Å². The largest absolute Gasteiger partial charge is 0.293 e. The molecule has 0 aromatic carbocycles. The first-order valence-electron chi connectivity index (χ1n) is 6.32. The Balaban J connectivity index is 1.43. The molecule has 1 fully saturated rings. The molecule has 2 heterocycles. The highest BCUT2D eigenvalue weighted by Crippen LogP contribution is 2.36. The number of ketones is 1. The lowest BCUT2D eigenvalue weighted by Crippen LogP contribution is -2.00. The topological polar surface area (TPSA) is 60.7 Å². The number of tetrazole rings is 1. The number of hydrogen-bond acceptors (Lipinski definition) is 6. The van der Waals surface area contributed by atoms with E-state index in [0.717, 1.165) is 22.2 Å². The van der Waals surface area contributed by atoms with Gasteiger partial charge >= 0.3 is 0 Å². The van der Waals surface area contributed by atoms with Gasteiger partial charge in [-0.15, -0.1) is 16.4 Å². The molecule has 0 saturated heterocycles. The quantitative estimate of drug-likeness (QED) is 0.446. The van der Waals surface area contributed by atoms with E-state index in [4.69, 9.17) is 0 Å². The Morgan fingerprint density at radius 2 is 2.42 bits per heavy atom. The molecule has 0 amide bonds. The van der Waals surface area contributed by atoms with Crippen molar-refractivity contribution in [1.82, 2.24) is 20.2 Å². The fourth-order valence-electron chi connectivity index (χ4n) is 1.79. The predicted octanol–water partition coefficient (Wildman–Crippen LogP) is 2.82. The minimum atomic E-state index is 0.234. The van der Waals surface area contributed by atoms with Crippen molar-refractivity contribution in [3.05, 3.63) is 22.4 Å². The van der Waals surface area contributed by atoms with Gasteiger partial charge in [0.25, 0.3) is 0 Å². The zero-order valence-electron chi connectivity index (χ0n) is 10.4. The summed E-state index contributed by atoms with van der Waals surface area (Å²) in [5.74, 6) is 1.11. The van der Waals surface area contributed by atoms with Crippen LogP contribution in [0, 0.1) is 0 Å². The van der Waals surface area contributed by atoms with Crippen LogP contribution in [0.4, 0.5) is 0 Å². The summed E-state index contributed by atoms with van der Waals surface area (Å²) in [4.78, 5) is 12.7. The number of Topliss-reactive ketones (excluding diaryl/α,β-unsaturated/α-hetero) is 1. The number of aromatic nitrogens is 4. The van der Waals surface area contributed by atoms with Crippen molar-refractivity contribution in [3.63, 3.8) is 0 Å². The molecule has 7 heteroatoms. The molecule has 0 bridgehead atoms. The maximum atomic E-state index is 11.8. The molecular formula is C12H14N4OS2. The molecule has 0 radical (unpaired) electrons. The Hall–Kier alpha value is -1.21. The summed E-state index contributed by atoms with van der Waals surface area (Å²) in [6.07, 6.45) is 3.81. The maximum absolute atomic E-state index is 11.8. The third-order valence-corrected chi connectivity index (χ3v) is 4.86. The molecule has 1 aliphatic carbocycles. The van der Waals surface area contributed by atoms with Gasteiger partial charge in [-0.3, -0.25) is 4.79 Å². The molecule has 5 nitrogen and oxygen atoms in total. The molecule has 0 aliphatic heterocycles. The Bertz CT molecular complexity index is 548. The third-order valence-electron chi connectivity index (χ3n) is 2.93. The van der Waals surface area contributed by atoms with E-state index < -0.39 is 0 Å². The number of nitrogens with zero attached hydrogens (tertiary/aromatic N) is 4. The Labute approximate surface area is 119 Å². The summed E-state index contributed by atoms with van der Waals surface area (Å²) in [6, 6.07) is 4.30. The summed E-state index contributed by atoms with van der Waals surface area (Å²) in [7, 11) is 0. The van der Waals surface area contributed by atoms with Crippen LogP contribution >= 0.6 is 23.1 Å². The van der Waals surface area contributed by atoms with Crippen molar-refractivity contribution in [2.75, 3.05) is 5.75 Å². The van der Waals surface area contributed by atoms with Crippen LogP contribution in [0.25, 0.3) is 0 Å². The van der Waals surface area contributed by atoms with Crippen LogP contribution in [0.3, 0.4) is 0 Å². The van der Waals surface area contributed by atoms with E-state index in [1.807, 2.05) is 22.2 Å². The zero-order chi connectivity index (χ0) is 13.1. The van der Waals surface area contributed by atoms with Gasteiger partial charge in [0.2, 0.25) is 5.16 Å². The van der Waals surface area contributed by atoms with Crippen molar-refractivity contribution in [1.29, 1.82) is 0 Å². The average Bonchev–Trinajstić information content (AvgIpc) is 2.95. The summed E-state index contributed by atoms with van der Waals surface area (Å²) in [6.45, 7) is 0. The lowest BCUT2D eigenvalue weighted by atomic mass is 10.2. The van der Waals surface area contributed by atoms with E-state index in [2.05, 4.69) is 15.5 Å². The first kappa shape index (κ1) is 12.8. The molecule has 1 saturated carbocycles. The molecule has 19 heavy (non-hydrogen) atoms. The van der Waals surface area contributed by atoms with E-state index in [0.29, 0.717) is 12.5 Å². The van der Waals surface area contributed by atoms with Crippen LogP contribution in [-0.4, -0.2) is 31.7 Å². The van der Waals surface area contributed by atoms with Crippen LogP contribution in [0.1, 0.15) is 41.4 Å². The van der Waals surface area contributed by atoms with Crippen LogP contribution in [0.5, 0.6) is 0 Å². The zero-order valence-corrected chi connectivity index (χ0v) is 12.0. The Kier molecular flexibility index (Phi) is 3.93. The maximum Gasteiger partial charge on any atom is 0.209 e. The molecule has 3 rings (SSSR count). The van der Waals surface area contributed by atoms with Crippen molar-refractivity contribution < 1.29 is 4.79 Å². The van der Waals surface area contributed by atoms with Crippen molar-refractivity contribution in [2.45, 2.75) is 36.9 Å². The van der Waals surface area contributed by atoms with Crippen molar-refractivity contribution >= 4 is 28.9 Å². The normalized spacial score (nSPS) is 14.7. The molecule has 0 atom stereocenters. The molecule has 2 aromatic rings. The van der Waals surface area contributed by atoms with Gasteiger partial charge in [0.1, 0.15) is 0 Å². The van der Waals surface area contributed by atoms with Crippen LogP contribution in [-0.2, 0) is 0 Å². The minimum Gasteiger partial charge on any atom is -0.293 e. The summed E-state index contributed by atoms with van der Waals surface area (Å²) < 4.78 is 1.91. The first-order valence-corrected chi connectivity index (χ1v) is 8.18. The smallest absolute Gasteiger partial charge is 0.209 e. The number of carbonyl (C=O) groups excluding carboxylic acids is 1. The minimum absolute atomic E-state index is 0.234. The monoisotopic (exact) mass is 294 g/mol. The lowest BCUT2D eigenvalue weighted by molar-refractivity contribution is 0.0986. The van der Waals surface area contributed by atoms with Gasteiger partial charge in [0.15, 0.2) is 5.78 Å². The number of thioether (sulfide) groups is 1. The van der Waals surface area contributed by atoms with E-state index >= 15 is 0 Å². The van der Waals surface area contributed by atoms with Gasteiger partial charge in [0, 0.05) is 12.2 Å². The van der Waals surface area contributed by atoms with E-state index in [9.17, 15) is 4.79 Å². The van der Waals surface area contributed by atoms with Crippen molar-refractivity contribution in [2.24, 2.45) is 0 Å². The van der Waals surface area contributed by atoms with Gasteiger partial charge in [-0.1, -0.05) is 17.8 Å². The molecule has 1 aliphatic rings. The van der Waals surface area contributed by atoms with Crippen LogP contribution in [0.2, 0.25) is 0 Å². The summed E-state index contributed by atoms with van der Waals surface area (Å²) >= 11 is 3.15. The highest BCUT2D eigenvalue weighted by atomic mass is 32.2. The molecular weight excluding hydrogens is 280 g/mol. The average molecular weight is 294 g/mol. The van der Waals surface area contributed by atoms with Gasteiger partial charge in [0.05, 0.1) is 10.9 Å². The first-order chi connectivity index (χ1) is 9.34. The van der Waals surface area contributed by atoms with Crippen LogP contribution < -0.4 is 0 Å². The predicted molar refractivity (Wildman–Crippen MR) is 74.7 cm³/mol. The Morgan fingerprint density at radius 1 is 1.53 bits per heavy atom. The lowest BCUT2D eigenvalue weighted by Gasteiger charge is -2.01. The van der Waals surface area contributed by atoms with E-state index in [-0.39, 0.29) is 5.78 Å². The summed E-state index contributed by atoms with van der Waals surface area (Å²) in [5, 5.41) is 14.6. The molecule has 0 N–H and O–H groups in total. The molecule has 100 valence electrons. The molecule has 0 spiro atoms. The fourth-order valence-corrected chi connectivity index (χ4v) is 3.36. The summed E-state index contributed by atoms with van der Waals surface area (Å²) in [5.41, 5.74) is 0. The van der Waals surface area contributed by atoms with Crippen LogP contribution in [0.15, 0.2) is 22.7 Å². The van der Waals surface area contributed by atoms with Crippen molar-refractivity contribution in [3.8, 4) is 0 Å². The third kappa shape index (κ3) is 3.22. The molecule has 2 aromatic heterocycles. The van der Waals surface area contributed by atoms with Gasteiger partial charge in [-0.2, -0.15) is 0 Å². The number of hydrogen-bond donors (Lipinski definition) is 0. The number of thiophene rings is 1. The van der Waals surface area contributed by atoms with Gasteiger partial charge < -0.3 is 0 Å². The second kappa shape index (κ2) is 5.83. The Morgan fingerprint density at radius 3 is 3.16 bits per heavy atom. The van der Waals surface area contributed by atoms with E-state index in [1.165, 1.54) is 24.2 Å². The highest BCUT2D eigenvalue weighted by molar-refractivity contribution is 7.99. The number of rotatable bonds is 7. The SMILES string of the molecule is O=C(CCCSc1nnnn1C1CC1)c1cccs1. The second-order valence-corrected chi connectivity index (χ2v) is 6.50. The van der Waals surface area contributed by atoms with Gasteiger partial charge in [-0.05, 0) is 41.1 Å². The number of carbonyl (C=O) groups is 1. The van der Waals surface area contributed by atoms with E-state index in [1.54, 1.807) is 11.8 Å². The fraction of sp³-hybridized carbons (Fsp3) is 0.500. The standard InChI is InChI=1S/C12H14N4OS2/c17-10(11-4-2-7-18-11)3-1-8-19-12-13-14-15-16(12)9-5-6-9/h2,4,7,9H,1,3,5-6,8H2. The second-order valence-electron chi connectivity index (χ2n) is 4.49.